The smallest absolute Gasteiger partial charge is 0.159 e. The van der Waals surface area contributed by atoms with Crippen molar-refractivity contribution in [2.45, 2.75) is 25.4 Å². The minimum absolute atomic E-state index is 0.388. The highest BCUT2D eigenvalue weighted by molar-refractivity contribution is 6.10. The first-order valence-corrected chi connectivity index (χ1v) is 9.12. The van der Waals surface area contributed by atoms with Gasteiger partial charge in [-0.3, -0.25) is 4.99 Å². The predicted octanol–water partition coefficient (Wildman–Crippen LogP) is 3.24. The van der Waals surface area contributed by atoms with Crippen LogP contribution in [0.1, 0.15) is 30.9 Å². The highest BCUT2D eigenvalue weighted by Gasteiger charge is 2.35. The molecule has 7 heteroatoms. The van der Waals surface area contributed by atoms with Crippen molar-refractivity contribution >= 4 is 17.6 Å². The molecule has 0 radical (unpaired) electrons. The molecule has 5 nitrogen and oxygen atoms in total. The van der Waals surface area contributed by atoms with Crippen LogP contribution in [-0.2, 0) is 5.60 Å². The van der Waals surface area contributed by atoms with E-state index in [9.17, 15) is 13.9 Å². The molecular weight excluding hydrogens is 362 g/mol. The number of halogens is 2. The monoisotopic (exact) mass is 386 g/mol. The molecule has 2 aromatic rings. The lowest BCUT2D eigenvalue weighted by molar-refractivity contribution is 0.0113. The van der Waals surface area contributed by atoms with Crippen molar-refractivity contribution in [3.63, 3.8) is 0 Å². The lowest BCUT2D eigenvalue weighted by atomic mass is 9.84. The van der Waals surface area contributed by atoms with Gasteiger partial charge in [-0.2, -0.15) is 0 Å². The summed E-state index contributed by atoms with van der Waals surface area (Å²) in [6.07, 6.45) is 4.21. The first-order chi connectivity index (χ1) is 13.3. The molecule has 3 rings (SSSR count). The summed E-state index contributed by atoms with van der Waals surface area (Å²) in [4.78, 5) is 10.6. The average Bonchev–Trinajstić information content (AvgIpc) is 2.68. The summed E-state index contributed by atoms with van der Waals surface area (Å²) in [5, 5.41) is 10.9. The molecule has 1 fully saturated rings. The SMILES string of the molecule is CN=C/C(=C(/C)N)c1ccnc(N2CCC(O)(c3ccc(F)c(F)c3)CC2)c1. The Balaban J connectivity index is 1.79. The van der Waals surface area contributed by atoms with Gasteiger partial charge >= 0.3 is 0 Å². The van der Waals surface area contributed by atoms with Crippen molar-refractivity contribution in [2.75, 3.05) is 25.0 Å². The Morgan fingerprint density at radius 3 is 2.54 bits per heavy atom. The van der Waals surface area contributed by atoms with Gasteiger partial charge in [-0.1, -0.05) is 6.07 Å². The van der Waals surface area contributed by atoms with Crippen LogP contribution >= 0.6 is 0 Å². The van der Waals surface area contributed by atoms with Crippen LogP contribution in [-0.4, -0.2) is 36.4 Å². The molecule has 2 heterocycles. The van der Waals surface area contributed by atoms with Gasteiger partial charge in [0.1, 0.15) is 5.82 Å². The largest absolute Gasteiger partial charge is 0.402 e. The number of rotatable bonds is 4. The fraction of sp³-hybridized carbons (Fsp3) is 0.333. The van der Waals surface area contributed by atoms with Gasteiger partial charge in [-0.25, -0.2) is 13.8 Å². The molecule has 1 aromatic heterocycles. The summed E-state index contributed by atoms with van der Waals surface area (Å²) in [6.45, 7) is 2.89. The molecule has 1 aliphatic heterocycles. The molecule has 0 spiro atoms. The lowest BCUT2D eigenvalue weighted by Crippen LogP contribution is -2.43. The zero-order valence-corrected chi connectivity index (χ0v) is 16.0. The fourth-order valence-electron chi connectivity index (χ4n) is 3.47. The van der Waals surface area contributed by atoms with Crippen molar-refractivity contribution < 1.29 is 13.9 Å². The second-order valence-electron chi connectivity index (χ2n) is 7.03. The lowest BCUT2D eigenvalue weighted by Gasteiger charge is -2.39. The fourth-order valence-corrected chi connectivity index (χ4v) is 3.47. The molecule has 0 bridgehead atoms. The van der Waals surface area contributed by atoms with Gasteiger partial charge in [0.05, 0.1) is 5.60 Å². The summed E-state index contributed by atoms with van der Waals surface area (Å²) in [6, 6.07) is 7.39. The second-order valence-corrected chi connectivity index (χ2v) is 7.03. The maximum absolute atomic E-state index is 13.6. The van der Waals surface area contributed by atoms with E-state index in [-0.39, 0.29) is 0 Å². The van der Waals surface area contributed by atoms with E-state index >= 15 is 0 Å². The number of benzene rings is 1. The number of hydrogen-bond donors (Lipinski definition) is 2. The van der Waals surface area contributed by atoms with E-state index in [2.05, 4.69) is 14.9 Å². The number of pyridine rings is 1. The Morgan fingerprint density at radius 1 is 1.21 bits per heavy atom. The molecule has 0 atom stereocenters. The van der Waals surface area contributed by atoms with Crippen LogP contribution in [0.2, 0.25) is 0 Å². The van der Waals surface area contributed by atoms with Crippen LogP contribution in [0.5, 0.6) is 0 Å². The first kappa shape index (κ1) is 19.9. The first-order valence-electron chi connectivity index (χ1n) is 9.12. The van der Waals surface area contributed by atoms with Crippen LogP contribution in [0.25, 0.3) is 5.57 Å². The summed E-state index contributed by atoms with van der Waals surface area (Å²) < 4.78 is 26.8. The van der Waals surface area contributed by atoms with Gasteiger partial charge in [-0.05, 0) is 55.2 Å². The quantitative estimate of drug-likeness (QED) is 0.791. The van der Waals surface area contributed by atoms with Crippen LogP contribution in [0.4, 0.5) is 14.6 Å². The molecule has 148 valence electrons. The van der Waals surface area contributed by atoms with Crippen molar-refractivity contribution in [3.05, 3.63) is 65.0 Å². The van der Waals surface area contributed by atoms with Gasteiger partial charge in [0, 0.05) is 43.8 Å². The Labute approximate surface area is 163 Å². The molecule has 3 N–H and O–H groups in total. The maximum Gasteiger partial charge on any atom is 0.159 e. The Morgan fingerprint density at radius 2 is 1.93 bits per heavy atom. The number of aliphatic imine (C=N–C) groups is 1. The van der Waals surface area contributed by atoms with Gasteiger partial charge in [0.25, 0.3) is 0 Å². The van der Waals surface area contributed by atoms with Crippen molar-refractivity contribution in [3.8, 4) is 0 Å². The Hall–Kier alpha value is -2.80. The summed E-state index contributed by atoms with van der Waals surface area (Å²) in [7, 11) is 1.69. The van der Waals surface area contributed by atoms with E-state index in [0.717, 1.165) is 29.1 Å². The standard InChI is InChI=1S/C21H24F2N4O/c1-14(24)17(13-25-2)15-5-8-26-20(11-15)27-9-6-21(28,7-10-27)16-3-4-18(22)19(23)12-16/h3-5,8,11-13,28H,6-7,9-10,24H2,1-2H3/b17-14+,25-13?. The Kier molecular flexibility index (Phi) is 5.74. The third-order valence-corrected chi connectivity index (χ3v) is 5.11. The highest BCUT2D eigenvalue weighted by Crippen LogP contribution is 2.35. The van der Waals surface area contributed by atoms with E-state index in [1.54, 1.807) is 19.5 Å². The number of aromatic nitrogens is 1. The van der Waals surface area contributed by atoms with Gasteiger partial charge < -0.3 is 15.7 Å². The molecular formula is C21H24F2N4O. The van der Waals surface area contributed by atoms with Crippen LogP contribution < -0.4 is 10.6 Å². The molecule has 1 saturated heterocycles. The minimum atomic E-state index is -1.18. The van der Waals surface area contributed by atoms with Gasteiger partial charge in [0.15, 0.2) is 11.6 Å². The number of piperidine rings is 1. The number of nitrogens with zero attached hydrogens (tertiary/aromatic N) is 3. The maximum atomic E-state index is 13.6. The topological polar surface area (TPSA) is 74.7 Å². The molecule has 1 aromatic carbocycles. The molecule has 1 aliphatic rings. The number of hydrogen-bond acceptors (Lipinski definition) is 5. The van der Waals surface area contributed by atoms with Crippen LogP contribution in [0.3, 0.4) is 0 Å². The number of anilines is 1. The van der Waals surface area contributed by atoms with E-state index in [0.29, 0.717) is 37.2 Å². The predicted molar refractivity (Wildman–Crippen MR) is 107 cm³/mol. The molecule has 0 saturated carbocycles. The zero-order valence-electron chi connectivity index (χ0n) is 16.0. The minimum Gasteiger partial charge on any atom is -0.402 e. The molecule has 0 unspecified atom stereocenters. The third kappa shape index (κ3) is 4.04. The van der Waals surface area contributed by atoms with Crippen molar-refractivity contribution in [1.82, 2.24) is 4.98 Å². The third-order valence-electron chi connectivity index (χ3n) is 5.11. The van der Waals surface area contributed by atoms with Crippen LogP contribution in [0.15, 0.2) is 47.2 Å². The van der Waals surface area contributed by atoms with Gasteiger partial charge in [0.2, 0.25) is 0 Å². The van der Waals surface area contributed by atoms with E-state index in [4.69, 9.17) is 5.73 Å². The summed E-state index contributed by atoms with van der Waals surface area (Å²) in [5.74, 6) is -1.09. The van der Waals surface area contributed by atoms with Gasteiger partial charge in [-0.15, -0.1) is 0 Å². The van der Waals surface area contributed by atoms with Crippen molar-refractivity contribution in [1.29, 1.82) is 0 Å². The molecule has 0 amide bonds. The molecule has 28 heavy (non-hydrogen) atoms. The van der Waals surface area contributed by atoms with Crippen molar-refractivity contribution in [2.24, 2.45) is 10.7 Å². The average molecular weight is 386 g/mol. The highest BCUT2D eigenvalue weighted by atomic mass is 19.2. The number of aliphatic hydroxyl groups is 1. The number of allylic oxidation sites excluding steroid dienone is 2. The Bertz CT molecular complexity index is 914. The number of nitrogens with two attached hydrogens (primary N) is 1. The normalized spacial score (nSPS) is 17.7. The van der Waals surface area contributed by atoms with E-state index < -0.39 is 17.2 Å². The molecule has 0 aliphatic carbocycles. The zero-order chi connectivity index (χ0) is 20.3. The summed E-state index contributed by atoms with van der Waals surface area (Å²) >= 11 is 0. The van der Waals surface area contributed by atoms with Crippen LogP contribution in [0, 0.1) is 11.6 Å². The van der Waals surface area contributed by atoms with E-state index in [1.165, 1.54) is 6.07 Å². The summed E-state index contributed by atoms with van der Waals surface area (Å²) in [5.41, 5.74) is 7.59. The van der Waals surface area contributed by atoms with E-state index in [1.807, 2.05) is 19.1 Å². The second kappa shape index (κ2) is 8.06.